The average Bonchev–Trinajstić information content (AvgIpc) is 3.16. The minimum Gasteiger partial charge on any atom is -0.496 e. The number of pyridine rings is 1. The minimum atomic E-state index is -0.449. The molecule has 1 fully saturated rings. The van der Waals surface area contributed by atoms with E-state index in [2.05, 4.69) is 20.9 Å². The van der Waals surface area contributed by atoms with Crippen molar-refractivity contribution >= 4 is 34.3 Å². The topological polar surface area (TPSA) is 110 Å². The van der Waals surface area contributed by atoms with Gasteiger partial charge >= 0.3 is 0 Å². The lowest BCUT2D eigenvalue weighted by atomic mass is 9.92. The normalized spacial score (nSPS) is 18.3. The van der Waals surface area contributed by atoms with Crippen molar-refractivity contribution in [1.29, 1.82) is 5.26 Å². The van der Waals surface area contributed by atoms with Crippen molar-refractivity contribution in [3.63, 3.8) is 0 Å². The van der Waals surface area contributed by atoms with Crippen LogP contribution in [0.15, 0.2) is 18.3 Å². The van der Waals surface area contributed by atoms with Gasteiger partial charge in [0.25, 0.3) is 0 Å². The van der Waals surface area contributed by atoms with Crippen LogP contribution < -0.4 is 20.1 Å². The third-order valence-electron chi connectivity index (χ3n) is 5.75. The summed E-state index contributed by atoms with van der Waals surface area (Å²) in [5.41, 5.74) is 8.25. The molecule has 0 radical (unpaired) electrons. The number of fused-ring (bicyclic) bond motifs is 1. The van der Waals surface area contributed by atoms with E-state index in [0.717, 1.165) is 17.4 Å². The summed E-state index contributed by atoms with van der Waals surface area (Å²) in [4.78, 5) is 15.6. The molecular formula is C22H23ClN6O2. The van der Waals surface area contributed by atoms with E-state index in [1.165, 1.54) is 0 Å². The lowest BCUT2D eigenvalue weighted by Crippen LogP contribution is -2.25. The number of aromatic nitrogens is 3. The molecule has 0 spiro atoms. The van der Waals surface area contributed by atoms with Gasteiger partial charge in [-0.05, 0) is 26.3 Å². The average molecular weight is 439 g/mol. The van der Waals surface area contributed by atoms with Crippen molar-refractivity contribution in [2.45, 2.75) is 20.3 Å². The highest BCUT2D eigenvalue weighted by Crippen LogP contribution is 2.44. The number of nitriles is 1. The maximum atomic E-state index is 9.58. The maximum absolute atomic E-state index is 9.58. The van der Waals surface area contributed by atoms with E-state index in [1.807, 2.05) is 19.9 Å². The van der Waals surface area contributed by atoms with Crippen molar-refractivity contribution in [2.75, 3.05) is 37.9 Å². The number of nitrogens with two attached hydrogens (primary N) is 1. The summed E-state index contributed by atoms with van der Waals surface area (Å²) < 4.78 is 11.0. The molecule has 1 aromatic carbocycles. The lowest BCUT2D eigenvalue weighted by Gasteiger charge is -2.22. The first-order chi connectivity index (χ1) is 14.8. The zero-order chi connectivity index (χ0) is 22.3. The van der Waals surface area contributed by atoms with Crippen LogP contribution in [-0.2, 0) is 0 Å². The Bertz CT molecular complexity index is 1200. The molecule has 1 saturated heterocycles. The SMILES string of the molecule is COc1cc(OC)c(Cl)c(-c2cc3cnc(N)nc3c(N3CCC(C)(C#N)C3)n2)c1C. The van der Waals surface area contributed by atoms with Crippen LogP contribution in [0, 0.1) is 23.7 Å². The fourth-order valence-corrected chi connectivity index (χ4v) is 4.35. The minimum absolute atomic E-state index is 0.169. The fraction of sp³-hybridized carbons (Fsp3) is 0.364. The van der Waals surface area contributed by atoms with E-state index >= 15 is 0 Å². The Morgan fingerprint density at radius 2 is 1.97 bits per heavy atom. The van der Waals surface area contributed by atoms with Crippen LogP contribution in [0.5, 0.6) is 11.5 Å². The first-order valence-corrected chi connectivity index (χ1v) is 10.2. The number of ether oxygens (including phenoxy) is 2. The number of nitrogen functional groups attached to an aromatic ring is 1. The molecule has 1 unspecified atom stereocenters. The van der Waals surface area contributed by atoms with Crippen molar-refractivity contribution in [3.8, 4) is 28.8 Å². The van der Waals surface area contributed by atoms with Gasteiger partial charge in [-0.3, -0.25) is 0 Å². The van der Waals surface area contributed by atoms with E-state index in [9.17, 15) is 5.26 Å². The van der Waals surface area contributed by atoms with Gasteiger partial charge in [0.05, 0.1) is 36.4 Å². The van der Waals surface area contributed by atoms with Gasteiger partial charge in [-0.2, -0.15) is 5.26 Å². The van der Waals surface area contributed by atoms with Crippen LogP contribution in [0.4, 0.5) is 11.8 Å². The van der Waals surface area contributed by atoms with Crippen LogP contribution in [0.2, 0.25) is 5.02 Å². The van der Waals surface area contributed by atoms with Crippen molar-refractivity contribution in [1.82, 2.24) is 15.0 Å². The molecule has 1 aliphatic rings. The van der Waals surface area contributed by atoms with Crippen molar-refractivity contribution in [3.05, 3.63) is 28.9 Å². The lowest BCUT2D eigenvalue weighted by molar-refractivity contribution is 0.393. The summed E-state index contributed by atoms with van der Waals surface area (Å²) in [5.74, 6) is 1.96. The van der Waals surface area contributed by atoms with Gasteiger partial charge in [0.2, 0.25) is 5.95 Å². The first kappa shape index (κ1) is 20.9. The van der Waals surface area contributed by atoms with E-state index in [-0.39, 0.29) is 5.95 Å². The Morgan fingerprint density at radius 1 is 1.23 bits per heavy atom. The molecule has 0 bridgehead atoms. The number of rotatable bonds is 4. The molecule has 0 saturated carbocycles. The number of hydrogen-bond donors (Lipinski definition) is 1. The van der Waals surface area contributed by atoms with Crippen LogP contribution in [0.3, 0.4) is 0 Å². The monoisotopic (exact) mass is 438 g/mol. The zero-order valence-electron chi connectivity index (χ0n) is 17.9. The molecule has 4 rings (SSSR count). The second kappa shape index (κ2) is 7.75. The highest BCUT2D eigenvalue weighted by atomic mass is 35.5. The van der Waals surface area contributed by atoms with E-state index < -0.39 is 5.41 Å². The van der Waals surface area contributed by atoms with Gasteiger partial charge in [-0.25, -0.2) is 15.0 Å². The summed E-state index contributed by atoms with van der Waals surface area (Å²) in [6.07, 6.45) is 2.41. The van der Waals surface area contributed by atoms with Gasteiger partial charge in [-0.15, -0.1) is 0 Å². The zero-order valence-corrected chi connectivity index (χ0v) is 18.6. The Balaban J connectivity index is 1.98. The summed E-state index contributed by atoms with van der Waals surface area (Å²) >= 11 is 6.71. The Hall–Kier alpha value is -3.31. The second-order valence-electron chi connectivity index (χ2n) is 7.94. The predicted octanol–water partition coefficient (Wildman–Crippen LogP) is 3.99. The molecule has 9 heteroatoms. The van der Waals surface area contributed by atoms with Gasteiger partial charge < -0.3 is 20.1 Å². The number of nitrogens with zero attached hydrogens (tertiary/aromatic N) is 5. The van der Waals surface area contributed by atoms with Crippen molar-refractivity contribution < 1.29 is 9.47 Å². The van der Waals surface area contributed by atoms with Crippen molar-refractivity contribution in [2.24, 2.45) is 5.41 Å². The summed E-state index contributed by atoms with van der Waals surface area (Å²) in [7, 11) is 3.16. The molecular weight excluding hydrogens is 416 g/mol. The third-order valence-corrected chi connectivity index (χ3v) is 6.12. The number of hydrogen-bond acceptors (Lipinski definition) is 8. The third kappa shape index (κ3) is 3.55. The van der Waals surface area contributed by atoms with E-state index in [0.29, 0.717) is 52.2 Å². The first-order valence-electron chi connectivity index (χ1n) is 9.81. The largest absolute Gasteiger partial charge is 0.496 e. The summed E-state index contributed by atoms with van der Waals surface area (Å²) in [5, 5.41) is 10.8. The van der Waals surface area contributed by atoms with E-state index in [4.69, 9.17) is 31.8 Å². The molecule has 31 heavy (non-hydrogen) atoms. The Labute approximate surface area is 185 Å². The van der Waals surface area contributed by atoms with E-state index in [1.54, 1.807) is 26.5 Å². The molecule has 2 aromatic heterocycles. The van der Waals surface area contributed by atoms with Crippen LogP contribution in [0.25, 0.3) is 22.2 Å². The highest BCUT2D eigenvalue weighted by Gasteiger charge is 2.35. The molecule has 3 heterocycles. The molecule has 3 aromatic rings. The quantitative estimate of drug-likeness (QED) is 0.650. The number of halogens is 1. The summed E-state index contributed by atoms with van der Waals surface area (Å²) in [6, 6.07) is 6.05. The smallest absolute Gasteiger partial charge is 0.220 e. The standard InChI is InChI=1S/C22H23ClN6O2/c1-12-15(30-3)8-16(31-4)18(23)17(12)14-7-13-9-26-21(25)28-19(13)20(27-14)29-6-5-22(2,10-24)11-29/h7-9H,5-6,11H2,1-4H3,(H2,25,26,28). The Kier molecular flexibility index (Phi) is 5.23. The van der Waals surface area contributed by atoms with Gasteiger partial charge in [-0.1, -0.05) is 11.6 Å². The second-order valence-corrected chi connectivity index (χ2v) is 8.31. The molecule has 160 valence electrons. The number of benzene rings is 1. The summed E-state index contributed by atoms with van der Waals surface area (Å²) in [6.45, 7) is 5.12. The van der Waals surface area contributed by atoms with Gasteiger partial charge in [0.1, 0.15) is 17.0 Å². The van der Waals surface area contributed by atoms with Gasteiger partial charge in [0.15, 0.2) is 5.82 Å². The molecule has 1 aliphatic heterocycles. The number of methoxy groups -OCH3 is 2. The van der Waals surface area contributed by atoms with Crippen LogP contribution in [0.1, 0.15) is 18.9 Å². The molecule has 8 nitrogen and oxygen atoms in total. The van der Waals surface area contributed by atoms with Crippen LogP contribution in [-0.4, -0.2) is 42.3 Å². The van der Waals surface area contributed by atoms with Gasteiger partial charge in [0, 0.05) is 41.9 Å². The molecule has 0 amide bonds. The fourth-order valence-electron chi connectivity index (χ4n) is 3.98. The highest BCUT2D eigenvalue weighted by molar-refractivity contribution is 6.35. The van der Waals surface area contributed by atoms with Crippen LogP contribution >= 0.6 is 11.6 Å². The number of anilines is 2. The predicted molar refractivity (Wildman–Crippen MR) is 121 cm³/mol. The maximum Gasteiger partial charge on any atom is 0.220 e. The molecule has 1 atom stereocenters. The molecule has 2 N–H and O–H groups in total. The Morgan fingerprint density at radius 3 is 2.61 bits per heavy atom. The molecule has 0 aliphatic carbocycles.